The van der Waals surface area contributed by atoms with Crippen LogP contribution in [0.2, 0.25) is 0 Å². The van der Waals surface area contributed by atoms with E-state index in [1.54, 1.807) is 25.8 Å². The van der Waals surface area contributed by atoms with Crippen LogP contribution >= 0.6 is 0 Å². The first-order chi connectivity index (χ1) is 7.28. The van der Waals surface area contributed by atoms with Gasteiger partial charge in [-0.3, -0.25) is 4.79 Å². The first-order valence-electron chi connectivity index (χ1n) is 5.54. The van der Waals surface area contributed by atoms with Crippen molar-refractivity contribution in [2.75, 3.05) is 7.05 Å². The van der Waals surface area contributed by atoms with Crippen LogP contribution < -0.4 is 5.73 Å². The fourth-order valence-electron chi connectivity index (χ4n) is 1.49. The smallest absolute Gasteiger partial charge is 0.235 e. The van der Waals surface area contributed by atoms with Crippen molar-refractivity contribution in [2.45, 2.75) is 46.6 Å². The molecule has 1 atom stereocenters. The van der Waals surface area contributed by atoms with Gasteiger partial charge in [-0.1, -0.05) is 18.5 Å². The second-order valence-corrected chi connectivity index (χ2v) is 4.66. The largest absolute Gasteiger partial charge is 0.409 e. The highest BCUT2D eigenvalue weighted by molar-refractivity contribution is 6.05. The lowest BCUT2D eigenvalue weighted by atomic mass is 9.89. The number of nitrogens with two attached hydrogens (primary N) is 1. The van der Waals surface area contributed by atoms with Gasteiger partial charge in [0.05, 0.1) is 0 Å². The van der Waals surface area contributed by atoms with E-state index in [4.69, 9.17) is 10.9 Å². The van der Waals surface area contributed by atoms with Gasteiger partial charge in [-0.15, -0.1) is 0 Å². The zero-order valence-corrected chi connectivity index (χ0v) is 10.8. The minimum absolute atomic E-state index is 0.0620. The third kappa shape index (κ3) is 3.12. The molecule has 0 saturated heterocycles. The third-order valence-electron chi connectivity index (χ3n) is 2.97. The first kappa shape index (κ1) is 14.7. The van der Waals surface area contributed by atoms with Crippen LogP contribution in [0.4, 0.5) is 0 Å². The quantitative estimate of drug-likeness (QED) is 0.324. The maximum absolute atomic E-state index is 12.1. The average molecular weight is 229 g/mol. The summed E-state index contributed by atoms with van der Waals surface area (Å²) in [6.45, 7) is 7.37. The van der Waals surface area contributed by atoms with E-state index in [-0.39, 0.29) is 17.8 Å². The van der Waals surface area contributed by atoms with E-state index in [1.165, 1.54) is 0 Å². The van der Waals surface area contributed by atoms with Gasteiger partial charge in [-0.25, -0.2) is 0 Å². The normalized spacial score (nSPS) is 14.7. The Morgan fingerprint density at radius 2 is 2.06 bits per heavy atom. The summed E-state index contributed by atoms with van der Waals surface area (Å²) in [6.07, 6.45) is 1.96. The Kier molecular flexibility index (Phi) is 5.27. The van der Waals surface area contributed by atoms with Crippen LogP contribution in [0.3, 0.4) is 0 Å². The Balaban J connectivity index is 4.79. The summed E-state index contributed by atoms with van der Waals surface area (Å²) in [7, 11) is 1.75. The Morgan fingerprint density at radius 3 is 2.44 bits per heavy atom. The van der Waals surface area contributed by atoms with Crippen LogP contribution in [0.25, 0.3) is 0 Å². The molecule has 0 aliphatic heterocycles. The SMILES string of the molecule is CCCC(C)N(C)C(=O)C(C)(C)C(N)=NO. The number of oxime groups is 1. The molecular weight excluding hydrogens is 206 g/mol. The van der Waals surface area contributed by atoms with Gasteiger partial charge >= 0.3 is 0 Å². The van der Waals surface area contributed by atoms with E-state index < -0.39 is 5.41 Å². The topological polar surface area (TPSA) is 78.9 Å². The van der Waals surface area contributed by atoms with E-state index in [1.807, 2.05) is 6.92 Å². The van der Waals surface area contributed by atoms with Crippen LogP contribution in [-0.2, 0) is 4.79 Å². The highest BCUT2D eigenvalue weighted by Gasteiger charge is 2.36. The molecule has 94 valence electrons. The summed E-state index contributed by atoms with van der Waals surface area (Å²) >= 11 is 0. The summed E-state index contributed by atoms with van der Waals surface area (Å²) in [5.74, 6) is -0.197. The van der Waals surface area contributed by atoms with Crippen LogP contribution in [0.1, 0.15) is 40.5 Å². The summed E-state index contributed by atoms with van der Waals surface area (Å²) in [5.41, 5.74) is 4.55. The molecule has 0 aliphatic carbocycles. The Morgan fingerprint density at radius 1 is 1.56 bits per heavy atom. The lowest BCUT2D eigenvalue weighted by molar-refractivity contribution is -0.137. The molecule has 0 fully saturated rings. The summed E-state index contributed by atoms with van der Waals surface area (Å²) in [4.78, 5) is 13.8. The fraction of sp³-hybridized carbons (Fsp3) is 0.818. The maximum Gasteiger partial charge on any atom is 0.235 e. The van der Waals surface area contributed by atoms with Crippen molar-refractivity contribution in [3.63, 3.8) is 0 Å². The van der Waals surface area contributed by atoms with E-state index in [0.29, 0.717) is 0 Å². The fourth-order valence-corrected chi connectivity index (χ4v) is 1.49. The van der Waals surface area contributed by atoms with Crippen molar-refractivity contribution >= 4 is 11.7 Å². The molecule has 1 unspecified atom stereocenters. The van der Waals surface area contributed by atoms with Crippen molar-refractivity contribution in [1.82, 2.24) is 4.90 Å². The summed E-state index contributed by atoms with van der Waals surface area (Å²) in [5, 5.41) is 11.6. The van der Waals surface area contributed by atoms with Gasteiger partial charge in [0.1, 0.15) is 5.41 Å². The van der Waals surface area contributed by atoms with E-state index >= 15 is 0 Å². The molecule has 16 heavy (non-hydrogen) atoms. The van der Waals surface area contributed by atoms with E-state index in [2.05, 4.69) is 12.1 Å². The molecule has 0 saturated carbocycles. The molecule has 3 N–H and O–H groups in total. The Bertz CT molecular complexity index is 274. The standard InChI is InChI=1S/C11H23N3O2/c1-6-7-8(2)14(5)10(15)11(3,4)9(12)13-16/h8,16H,6-7H2,1-5H3,(H2,12,13). The van der Waals surface area contributed by atoms with Crippen molar-refractivity contribution in [2.24, 2.45) is 16.3 Å². The second-order valence-electron chi connectivity index (χ2n) is 4.66. The molecule has 0 heterocycles. The molecule has 5 nitrogen and oxygen atoms in total. The molecule has 1 amide bonds. The second kappa shape index (κ2) is 5.72. The molecular formula is C11H23N3O2. The average Bonchev–Trinajstić information content (AvgIpc) is 2.25. The Labute approximate surface area is 97.3 Å². The summed E-state index contributed by atoms with van der Waals surface area (Å²) < 4.78 is 0. The minimum Gasteiger partial charge on any atom is -0.409 e. The molecule has 0 aromatic rings. The van der Waals surface area contributed by atoms with Crippen molar-refractivity contribution in [3.05, 3.63) is 0 Å². The molecule has 5 heteroatoms. The van der Waals surface area contributed by atoms with Gasteiger partial charge in [-0.05, 0) is 27.2 Å². The van der Waals surface area contributed by atoms with Crippen LogP contribution in [-0.4, -0.2) is 34.9 Å². The van der Waals surface area contributed by atoms with Crippen molar-refractivity contribution < 1.29 is 10.0 Å². The van der Waals surface area contributed by atoms with E-state index in [9.17, 15) is 4.79 Å². The highest BCUT2D eigenvalue weighted by atomic mass is 16.4. The molecule has 0 aromatic heterocycles. The molecule has 0 aromatic carbocycles. The van der Waals surface area contributed by atoms with E-state index in [0.717, 1.165) is 12.8 Å². The van der Waals surface area contributed by atoms with Crippen LogP contribution in [0, 0.1) is 5.41 Å². The number of carbonyl (C=O) groups excluding carboxylic acids is 1. The number of amidine groups is 1. The van der Waals surface area contributed by atoms with Gasteiger partial charge in [0, 0.05) is 13.1 Å². The summed E-state index contributed by atoms with van der Waals surface area (Å²) in [6, 6.07) is 0.156. The zero-order chi connectivity index (χ0) is 12.9. The van der Waals surface area contributed by atoms with Crippen molar-refractivity contribution in [3.8, 4) is 0 Å². The molecule has 0 radical (unpaired) electrons. The number of nitrogens with zero attached hydrogens (tertiary/aromatic N) is 2. The maximum atomic E-state index is 12.1. The molecule has 0 rings (SSSR count). The molecule has 0 aliphatic rings. The lowest BCUT2D eigenvalue weighted by Crippen LogP contribution is -2.49. The van der Waals surface area contributed by atoms with Gasteiger partial charge in [0.25, 0.3) is 0 Å². The molecule has 0 spiro atoms. The van der Waals surface area contributed by atoms with Crippen molar-refractivity contribution in [1.29, 1.82) is 0 Å². The Hall–Kier alpha value is -1.26. The number of carbonyl (C=O) groups is 1. The first-order valence-corrected chi connectivity index (χ1v) is 5.54. The van der Waals surface area contributed by atoms with Gasteiger partial charge in [0.2, 0.25) is 5.91 Å². The monoisotopic (exact) mass is 229 g/mol. The van der Waals surface area contributed by atoms with Crippen LogP contribution in [0.5, 0.6) is 0 Å². The number of rotatable bonds is 5. The van der Waals surface area contributed by atoms with Gasteiger partial charge < -0.3 is 15.8 Å². The number of amides is 1. The molecule has 0 bridgehead atoms. The predicted octanol–water partition coefficient (Wildman–Crippen LogP) is 1.41. The predicted molar refractivity (Wildman–Crippen MR) is 64.3 cm³/mol. The van der Waals surface area contributed by atoms with Gasteiger partial charge in [-0.2, -0.15) is 0 Å². The van der Waals surface area contributed by atoms with Gasteiger partial charge in [0.15, 0.2) is 5.84 Å². The lowest BCUT2D eigenvalue weighted by Gasteiger charge is -2.32. The zero-order valence-electron chi connectivity index (χ0n) is 10.8. The number of hydrogen-bond acceptors (Lipinski definition) is 3. The number of hydrogen-bond donors (Lipinski definition) is 2. The highest BCUT2D eigenvalue weighted by Crippen LogP contribution is 2.20. The minimum atomic E-state index is -0.967. The van der Waals surface area contributed by atoms with Crippen LogP contribution in [0.15, 0.2) is 5.16 Å². The third-order valence-corrected chi connectivity index (χ3v) is 2.97.